The number of rotatable bonds is 4. The lowest BCUT2D eigenvalue weighted by Crippen LogP contribution is -2.41. The van der Waals surface area contributed by atoms with Crippen LogP contribution in [0.1, 0.15) is 36.7 Å². The van der Waals surface area contributed by atoms with E-state index in [-0.39, 0.29) is 11.8 Å². The van der Waals surface area contributed by atoms with E-state index in [1.165, 1.54) is 38.9 Å². The van der Waals surface area contributed by atoms with Gasteiger partial charge in [-0.15, -0.1) is 0 Å². The number of hydrogen-bond donors (Lipinski definition) is 3. The maximum Gasteiger partial charge on any atom is 0.319 e. The van der Waals surface area contributed by atoms with E-state index in [0.717, 1.165) is 22.4 Å². The fourth-order valence-corrected chi connectivity index (χ4v) is 4.41. The average Bonchev–Trinajstić information content (AvgIpc) is 3.27. The summed E-state index contributed by atoms with van der Waals surface area (Å²) in [5, 5.41) is 6.29. The molecule has 6 rings (SSSR count). The van der Waals surface area contributed by atoms with Crippen LogP contribution in [0.3, 0.4) is 0 Å². The Balaban J connectivity index is 0.000000254. The number of anilines is 1. The van der Waals surface area contributed by atoms with Gasteiger partial charge in [-0.2, -0.15) is 0 Å². The minimum atomic E-state index is -0.620. The van der Waals surface area contributed by atoms with Crippen LogP contribution in [0, 0.1) is 5.92 Å². The second-order valence-corrected chi connectivity index (χ2v) is 8.30. The number of nitrogens with zero attached hydrogens (tertiary/aromatic N) is 1. The van der Waals surface area contributed by atoms with E-state index in [1.807, 2.05) is 43.3 Å². The number of nitrogens with one attached hydrogen (secondary N) is 2. The molecular formula is C25H30N4O3. The third kappa shape index (κ3) is 4.94. The van der Waals surface area contributed by atoms with Gasteiger partial charge in [0.15, 0.2) is 5.76 Å². The minimum absolute atomic E-state index is 0.103. The standard InChI is InChI=1S/C18H17N3O3.C7H13N/c1-2-20-18(23)21-14-9-4-3-7-12(14)13-8-5-6-11-10-15(17(19)22)24-16(11)13;1-4-8-5-2-7(1)3-6-8/h3-10H,2H2,1H3,(H2,19,22)(H2,20,21,23);7H,1-6H2. The lowest BCUT2D eigenvalue weighted by molar-refractivity contribution is 0.0976. The fraction of sp³-hybridized carbons (Fsp3) is 0.360. The van der Waals surface area contributed by atoms with Gasteiger partial charge >= 0.3 is 6.03 Å². The summed E-state index contributed by atoms with van der Waals surface area (Å²) in [5.74, 6) is 0.595. The topological polar surface area (TPSA) is 101 Å². The molecule has 3 aliphatic rings. The number of piperidine rings is 3. The van der Waals surface area contributed by atoms with Crippen LogP contribution >= 0.6 is 0 Å². The van der Waals surface area contributed by atoms with Crippen molar-refractivity contribution >= 4 is 28.6 Å². The van der Waals surface area contributed by atoms with Gasteiger partial charge in [0.2, 0.25) is 0 Å². The zero-order valence-corrected chi connectivity index (χ0v) is 18.4. The Labute approximate surface area is 187 Å². The SMILES string of the molecule is C1CN2CCC1CC2.CCNC(=O)Nc1ccccc1-c1cccc2cc(C(N)=O)oc12. The van der Waals surface area contributed by atoms with Gasteiger partial charge in [-0.3, -0.25) is 4.79 Å². The Hall–Kier alpha value is -3.32. The number of hydrogen-bond acceptors (Lipinski definition) is 4. The highest BCUT2D eigenvalue weighted by Gasteiger charge is 2.24. The number of primary amides is 1. The molecule has 2 bridgehead atoms. The molecule has 3 amide bonds. The van der Waals surface area contributed by atoms with Crippen molar-refractivity contribution in [3.05, 3.63) is 54.3 Å². The van der Waals surface area contributed by atoms with Crippen LogP contribution in [0.2, 0.25) is 0 Å². The zero-order chi connectivity index (χ0) is 22.5. The summed E-state index contributed by atoms with van der Waals surface area (Å²) < 4.78 is 5.62. The number of carbonyl (C=O) groups excluding carboxylic acids is 2. The number of benzene rings is 2. The molecule has 3 aliphatic heterocycles. The lowest BCUT2D eigenvalue weighted by Gasteiger charge is -2.38. The smallest absolute Gasteiger partial charge is 0.319 e. The van der Waals surface area contributed by atoms with Crippen molar-refractivity contribution < 1.29 is 14.0 Å². The maximum atomic E-state index is 11.8. The second kappa shape index (κ2) is 9.87. The molecule has 32 heavy (non-hydrogen) atoms. The Bertz CT molecular complexity index is 1080. The summed E-state index contributed by atoms with van der Waals surface area (Å²) in [7, 11) is 0. The molecule has 0 radical (unpaired) electrons. The number of amides is 3. The Morgan fingerprint density at radius 3 is 2.31 bits per heavy atom. The first-order valence-electron chi connectivity index (χ1n) is 11.2. The van der Waals surface area contributed by atoms with Crippen LogP contribution in [0.5, 0.6) is 0 Å². The van der Waals surface area contributed by atoms with Gasteiger partial charge in [0.1, 0.15) is 5.58 Å². The number of para-hydroxylation sites is 2. The van der Waals surface area contributed by atoms with Crippen molar-refractivity contribution in [1.82, 2.24) is 10.2 Å². The van der Waals surface area contributed by atoms with Crippen LogP contribution in [0.4, 0.5) is 10.5 Å². The summed E-state index contributed by atoms with van der Waals surface area (Å²) in [6, 6.07) is 14.3. The minimum Gasteiger partial charge on any atom is -0.450 e. The van der Waals surface area contributed by atoms with E-state index in [9.17, 15) is 9.59 Å². The Kier molecular flexibility index (Phi) is 6.75. The number of furan rings is 1. The van der Waals surface area contributed by atoms with Crippen molar-refractivity contribution in [3.63, 3.8) is 0 Å². The van der Waals surface area contributed by atoms with Crippen molar-refractivity contribution in [1.29, 1.82) is 0 Å². The van der Waals surface area contributed by atoms with Crippen molar-refractivity contribution in [3.8, 4) is 11.1 Å². The molecule has 4 N–H and O–H groups in total. The maximum absolute atomic E-state index is 11.8. The molecule has 0 saturated carbocycles. The summed E-state index contributed by atoms with van der Waals surface area (Å²) in [6.45, 7) is 6.56. The molecule has 2 aromatic carbocycles. The third-order valence-electron chi connectivity index (χ3n) is 6.15. The summed E-state index contributed by atoms with van der Waals surface area (Å²) in [6.07, 6.45) is 4.46. The van der Waals surface area contributed by atoms with E-state index >= 15 is 0 Å². The van der Waals surface area contributed by atoms with Crippen molar-refractivity contribution in [2.45, 2.75) is 26.2 Å². The molecule has 0 atom stereocenters. The molecule has 3 fully saturated rings. The fourth-order valence-electron chi connectivity index (χ4n) is 4.41. The highest BCUT2D eigenvalue weighted by atomic mass is 16.3. The van der Waals surface area contributed by atoms with E-state index in [2.05, 4.69) is 15.5 Å². The Morgan fingerprint density at radius 2 is 1.72 bits per heavy atom. The van der Waals surface area contributed by atoms with Gasteiger partial charge in [0, 0.05) is 23.1 Å². The molecule has 168 valence electrons. The van der Waals surface area contributed by atoms with Gasteiger partial charge in [-0.05, 0) is 63.9 Å². The average molecular weight is 435 g/mol. The normalized spacial score (nSPS) is 19.2. The van der Waals surface area contributed by atoms with Gasteiger partial charge in [0.25, 0.3) is 5.91 Å². The first kappa shape index (κ1) is 21.9. The monoisotopic (exact) mass is 434 g/mol. The van der Waals surface area contributed by atoms with Gasteiger partial charge in [0.05, 0.1) is 5.69 Å². The summed E-state index contributed by atoms with van der Waals surface area (Å²) in [4.78, 5) is 25.8. The van der Waals surface area contributed by atoms with Crippen LogP contribution in [-0.2, 0) is 0 Å². The van der Waals surface area contributed by atoms with Crippen LogP contribution < -0.4 is 16.4 Å². The summed E-state index contributed by atoms with van der Waals surface area (Å²) in [5.41, 5.74) is 8.06. The van der Waals surface area contributed by atoms with E-state index in [0.29, 0.717) is 17.8 Å². The van der Waals surface area contributed by atoms with Gasteiger partial charge in [-0.1, -0.05) is 36.4 Å². The molecule has 0 unspecified atom stereocenters. The van der Waals surface area contributed by atoms with Gasteiger partial charge in [-0.25, -0.2) is 4.79 Å². The van der Waals surface area contributed by atoms with Crippen molar-refractivity contribution in [2.75, 3.05) is 31.5 Å². The number of nitrogens with two attached hydrogens (primary N) is 1. The lowest BCUT2D eigenvalue weighted by atomic mass is 9.89. The highest BCUT2D eigenvalue weighted by Crippen LogP contribution is 2.35. The number of carbonyl (C=O) groups is 2. The van der Waals surface area contributed by atoms with E-state index < -0.39 is 5.91 Å². The predicted molar refractivity (Wildman–Crippen MR) is 127 cm³/mol. The molecule has 3 aromatic rings. The van der Waals surface area contributed by atoms with Crippen LogP contribution in [0.25, 0.3) is 22.1 Å². The largest absolute Gasteiger partial charge is 0.450 e. The first-order valence-corrected chi connectivity index (χ1v) is 11.2. The second-order valence-electron chi connectivity index (χ2n) is 8.30. The molecule has 7 nitrogen and oxygen atoms in total. The number of urea groups is 1. The molecule has 0 aliphatic carbocycles. The highest BCUT2D eigenvalue weighted by molar-refractivity contribution is 6.02. The quantitative estimate of drug-likeness (QED) is 0.565. The van der Waals surface area contributed by atoms with Crippen LogP contribution in [-0.4, -0.2) is 43.0 Å². The van der Waals surface area contributed by atoms with E-state index in [4.69, 9.17) is 10.2 Å². The number of fused-ring (bicyclic) bond motifs is 4. The molecule has 3 saturated heterocycles. The first-order chi connectivity index (χ1) is 15.5. The molecule has 0 spiro atoms. The zero-order valence-electron chi connectivity index (χ0n) is 18.4. The summed E-state index contributed by atoms with van der Waals surface area (Å²) >= 11 is 0. The molecule has 1 aromatic heterocycles. The van der Waals surface area contributed by atoms with Gasteiger partial charge < -0.3 is 25.7 Å². The molecule has 4 heterocycles. The molecular weight excluding hydrogens is 404 g/mol. The van der Waals surface area contributed by atoms with E-state index in [1.54, 1.807) is 12.1 Å². The molecule has 7 heteroatoms. The van der Waals surface area contributed by atoms with Crippen LogP contribution in [0.15, 0.2) is 52.9 Å². The third-order valence-corrected chi connectivity index (χ3v) is 6.15. The Morgan fingerprint density at radius 1 is 1.03 bits per heavy atom. The van der Waals surface area contributed by atoms with Crippen molar-refractivity contribution in [2.24, 2.45) is 11.7 Å². The predicted octanol–water partition coefficient (Wildman–Crippen LogP) is 4.44.